The van der Waals surface area contributed by atoms with E-state index in [4.69, 9.17) is 4.74 Å². The molecule has 2 rings (SSSR count). The first kappa shape index (κ1) is 18.4. The topological polar surface area (TPSA) is 68.0 Å². The molecule has 2 aromatic rings. The zero-order valence-corrected chi connectivity index (χ0v) is 15.0. The summed E-state index contributed by atoms with van der Waals surface area (Å²) >= 11 is 0. The minimum atomic E-state index is -0.377. The Hall–Kier alpha value is -2.89. The molecule has 0 heterocycles. The molecular weight excluding hydrogens is 318 g/mol. The van der Waals surface area contributed by atoms with Crippen LogP contribution in [0.2, 0.25) is 0 Å². The van der Waals surface area contributed by atoms with E-state index in [1.165, 1.54) is 6.07 Å². The Balaban J connectivity index is 2.38. The van der Waals surface area contributed by atoms with E-state index >= 15 is 0 Å². The van der Waals surface area contributed by atoms with Gasteiger partial charge in [-0.1, -0.05) is 12.1 Å². The Morgan fingerprint density at radius 3 is 2.72 bits per heavy atom. The zero-order valence-electron chi connectivity index (χ0n) is 15.0. The molecular formula is C19H23N3O3. The van der Waals surface area contributed by atoms with Gasteiger partial charge in [0, 0.05) is 31.8 Å². The molecule has 0 radical (unpaired) electrons. The molecule has 6 heteroatoms. The van der Waals surface area contributed by atoms with Crippen molar-refractivity contribution in [3.05, 3.63) is 63.2 Å². The van der Waals surface area contributed by atoms with Crippen LogP contribution in [0.3, 0.4) is 0 Å². The number of aliphatic imine (C=N–C) groups is 1. The Bertz CT molecular complexity index is 787. The van der Waals surface area contributed by atoms with Gasteiger partial charge >= 0.3 is 0 Å². The number of nitro groups is 1. The smallest absolute Gasteiger partial charge is 0.269 e. The van der Waals surface area contributed by atoms with Crippen LogP contribution < -0.4 is 4.74 Å². The fraction of sp³-hybridized carbons (Fsp3) is 0.316. The van der Waals surface area contributed by atoms with Crippen molar-refractivity contribution in [2.45, 2.75) is 20.3 Å². The number of nitro benzene ring substituents is 1. The molecule has 0 N–H and O–H groups in total. The molecule has 0 unspecified atom stereocenters. The van der Waals surface area contributed by atoms with E-state index in [9.17, 15) is 10.1 Å². The normalized spacial score (nSPS) is 10.9. The maximum atomic E-state index is 11.0. The Morgan fingerprint density at radius 2 is 2.08 bits per heavy atom. The van der Waals surface area contributed by atoms with Crippen LogP contribution in [-0.2, 0) is 6.42 Å². The number of non-ortho nitro benzene ring substituents is 1. The van der Waals surface area contributed by atoms with Crippen LogP contribution in [-0.4, -0.2) is 36.9 Å². The molecule has 25 heavy (non-hydrogen) atoms. The molecule has 0 saturated carbocycles. The van der Waals surface area contributed by atoms with Crippen LogP contribution in [0.25, 0.3) is 0 Å². The summed E-state index contributed by atoms with van der Waals surface area (Å²) in [7, 11) is 3.58. The van der Waals surface area contributed by atoms with Crippen molar-refractivity contribution in [1.29, 1.82) is 0 Å². The van der Waals surface area contributed by atoms with Crippen molar-refractivity contribution in [3.8, 4) is 5.75 Å². The third kappa shape index (κ3) is 4.79. The van der Waals surface area contributed by atoms with Crippen molar-refractivity contribution >= 4 is 17.7 Å². The third-order valence-corrected chi connectivity index (χ3v) is 4.11. The standard InChI is InChI=1S/C19H23N3O3/c1-5-21(3)13-20-19-12-18(25-4)11-16(14(19)2)9-15-7-6-8-17(10-15)22(23)24/h6-8,10-13H,5,9H2,1-4H3. The van der Waals surface area contributed by atoms with Crippen LogP contribution >= 0.6 is 0 Å². The monoisotopic (exact) mass is 341 g/mol. The van der Waals surface area contributed by atoms with Crippen molar-refractivity contribution in [2.24, 2.45) is 4.99 Å². The molecule has 0 aromatic heterocycles. The first-order chi connectivity index (χ1) is 11.9. The van der Waals surface area contributed by atoms with Gasteiger partial charge in [0.25, 0.3) is 5.69 Å². The first-order valence-corrected chi connectivity index (χ1v) is 8.09. The zero-order chi connectivity index (χ0) is 18.4. The number of rotatable bonds is 7. The summed E-state index contributed by atoms with van der Waals surface area (Å²) in [4.78, 5) is 17.1. The minimum Gasteiger partial charge on any atom is -0.497 e. The van der Waals surface area contributed by atoms with Crippen LogP contribution in [0.4, 0.5) is 11.4 Å². The van der Waals surface area contributed by atoms with Crippen LogP contribution in [0.15, 0.2) is 41.4 Å². The van der Waals surface area contributed by atoms with Gasteiger partial charge < -0.3 is 9.64 Å². The molecule has 2 aromatic carbocycles. The number of nitrogens with zero attached hydrogens (tertiary/aromatic N) is 3. The Morgan fingerprint density at radius 1 is 1.32 bits per heavy atom. The SMILES string of the molecule is CCN(C)C=Nc1cc(OC)cc(Cc2cccc([N+](=O)[O-])c2)c1C. The molecule has 0 saturated heterocycles. The lowest BCUT2D eigenvalue weighted by Gasteiger charge is -2.13. The summed E-state index contributed by atoms with van der Waals surface area (Å²) in [6.07, 6.45) is 2.37. The number of hydrogen-bond donors (Lipinski definition) is 0. The molecule has 0 fully saturated rings. The molecule has 0 aliphatic heterocycles. The molecule has 0 bridgehead atoms. The summed E-state index contributed by atoms with van der Waals surface area (Å²) in [5.41, 5.74) is 3.88. The van der Waals surface area contributed by atoms with Gasteiger partial charge in [-0.25, -0.2) is 4.99 Å². The highest BCUT2D eigenvalue weighted by Gasteiger charge is 2.11. The average molecular weight is 341 g/mol. The van der Waals surface area contributed by atoms with E-state index in [2.05, 4.69) is 11.9 Å². The van der Waals surface area contributed by atoms with Gasteiger partial charge in [-0.15, -0.1) is 0 Å². The fourth-order valence-corrected chi connectivity index (χ4v) is 2.41. The molecule has 0 amide bonds. The number of hydrogen-bond acceptors (Lipinski definition) is 4. The van der Waals surface area contributed by atoms with Gasteiger partial charge in [-0.05, 0) is 43.0 Å². The quantitative estimate of drug-likeness (QED) is 0.329. The van der Waals surface area contributed by atoms with E-state index < -0.39 is 0 Å². The van der Waals surface area contributed by atoms with Crippen LogP contribution in [0, 0.1) is 17.0 Å². The van der Waals surface area contributed by atoms with Crippen molar-refractivity contribution in [2.75, 3.05) is 20.7 Å². The summed E-state index contributed by atoms with van der Waals surface area (Å²) in [6.45, 7) is 4.93. The van der Waals surface area contributed by atoms with Crippen molar-refractivity contribution in [3.63, 3.8) is 0 Å². The van der Waals surface area contributed by atoms with E-state index in [0.29, 0.717) is 6.42 Å². The van der Waals surface area contributed by atoms with E-state index in [0.717, 1.165) is 34.7 Å². The molecule has 0 atom stereocenters. The number of ether oxygens (including phenoxy) is 1. The van der Waals surface area contributed by atoms with E-state index in [1.807, 2.05) is 37.1 Å². The van der Waals surface area contributed by atoms with Gasteiger partial charge in [0.05, 0.1) is 24.1 Å². The second-order valence-electron chi connectivity index (χ2n) is 5.85. The predicted molar refractivity (Wildman–Crippen MR) is 100 cm³/mol. The Labute approximate surface area is 147 Å². The average Bonchev–Trinajstić information content (AvgIpc) is 2.62. The largest absolute Gasteiger partial charge is 0.497 e. The molecule has 0 aliphatic rings. The van der Waals surface area contributed by atoms with Gasteiger partial charge in [0.1, 0.15) is 5.75 Å². The predicted octanol–water partition coefficient (Wildman–Crippen LogP) is 4.11. The summed E-state index contributed by atoms with van der Waals surface area (Å²) in [6, 6.07) is 10.5. The molecule has 6 nitrogen and oxygen atoms in total. The van der Waals surface area contributed by atoms with Crippen LogP contribution in [0.5, 0.6) is 5.75 Å². The van der Waals surface area contributed by atoms with Crippen molar-refractivity contribution in [1.82, 2.24) is 4.90 Å². The number of benzene rings is 2. The minimum absolute atomic E-state index is 0.0980. The van der Waals surface area contributed by atoms with E-state index in [1.54, 1.807) is 25.6 Å². The summed E-state index contributed by atoms with van der Waals surface area (Å²) in [5, 5.41) is 11.0. The fourth-order valence-electron chi connectivity index (χ4n) is 2.41. The summed E-state index contributed by atoms with van der Waals surface area (Å²) < 4.78 is 5.39. The van der Waals surface area contributed by atoms with Crippen LogP contribution in [0.1, 0.15) is 23.6 Å². The molecule has 0 aliphatic carbocycles. The lowest BCUT2D eigenvalue weighted by molar-refractivity contribution is -0.384. The highest BCUT2D eigenvalue weighted by Crippen LogP contribution is 2.30. The second kappa shape index (κ2) is 8.28. The maximum absolute atomic E-state index is 11.0. The highest BCUT2D eigenvalue weighted by molar-refractivity contribution is 5.65. The Kier molecular flexibility index (Phi) is 6.11. The highest BCUT2D eigenvalue weighted by atomic mass is 16.6. The third-order valence-electron chi connectivity index (χ3n) is 4.11. The van der Waals surface area contributed by atoms with Gasteiger partial charge in [-0.3, -0.25) is 10.1 Å². The van der Waals surface area contributed by atoms with Gasteiger partial charge in [0.15, 0.2) is 0 Å². The maximum Gasteiger partial charge on any atom is 0.269 e. The van der Waals surface area contributed by atoms with E-state index in [-0.39, 0.29) is 10.6 Å². The lowest BCUT2D eigenvalue weighted by Crippen LogP contribution is -2.14. The van der Waals surface area contributed by atoms with Gasteiger partial charge in [-0.2, -0.15) is 0 Å². The lowest BCUT2D eigenvalue weighted by atomic mass is 9.98. The van der Waals surface area contributed by atoms with Crippen molar-refractivity contribution < 1.29 is 9.66 Å². The second-order valence-corrected chi connectivity index (χ2v) is 5.85. The molecule has 0 spiro atoms. The summed E-state index contributed by atoms with van der Waals surface area (Å²) in [5.74, 6) is 0.720. The first-order valence-electron chi connectivity index (χ1n) is 8.09. The molecule has 132 valence electrons. The number of methoxy groups -OCH3 is 1. The van der Waals surface area contributed by atoms with Gasteiger partial charge in [0.2, 0.25) is 0 Å².